The molecule has 0 fully saturated rings. The molecule has 0 saturated heterocycles. The van der Waals surface area contributed by atoms with E-state index < -0.39 is 5.92 Å². The summed E-state index contributed by atoms with van der Waals surface area (Å²) in [6.45, 7) is 0.769. The molecule has 1 aromatic rings. The van der Waals surface area contributed by atoms with Crippen LogP contribution in [0.4, 0.5) is 8.78 Å². The normalized spacial score (nSPS) is 11.9. The molecule has 0 aromatic carbocycles. The fourth-order valence-corrected chi connectivity index (χ4v) is 0.429. The van der Waals surface area contributed by atoms with Gasteiger partial charge in [0.1, 0.15) is 12.0 Å². The van der Waals surface area contributed by atoms with Gasteiger partial charge in [0, 0.05) is 6.92 Å². The van der Waals surface area contributed by atoms with E-state index in [1.807, 2.05) is 0 Å². The van der Waals surface area contributed by atoms with Crippen molar-refractivity contribution in [2.24, 2.45) is 0 Å². The number of hydrogen-bond acceptors (Lipinski definition) is 2. The van der Waals surface area contributed by atoms with Gasteiger partial charge in [-0.05, 0) is 0 Å². The molecule has 0 atom stereocenters. The van der Waals surface area contributed by atoms with Crippen LogP contribution in [-0.2, 0) is 5.92 Å². The molecule has 1 rings (SSSR count). The maximum atomic E-state index is 12.2. The molecule has 0 aliphatic heterocycles. The molecule has 1 aromatic heterocycles. The van der Waals surface area contributed by atoms with Crippen LogP contribution in [0, 0.1) is 0 Å². The second kappa shape index (κ2) is 1.79. The van der Waals surface area contributed by atoms with Crippen molar-refractivity contribution in [1.29, 1.82) is 0 Å². The van der Waals surface area contributed by atoms with Gasteiger partial charge in [-0.2, -0.15) is 8.78 Å². The van der Waals surface area contributed by atoms with Crippen molar-refractivity contribution in [1.82, 2.24) is 4.98 Å². The number of halogens is 2. The third kappa shape index (κ3) is 1.25. The third-order valence-corrected chi connectivity index (χ3v) is 0.882. The SMILES string of the molecule is CC(F)(F)c1cocn1. The topological polar surface area (TPSA) is 26.0 Å². The molecule has 0 spiro atoms. The lowest BCUT2D eigenvalue weighted by molar-refractivity contribution is 0.0127. The van der Waals surface area contributed by atoms with E-state index in [2.05, 4.69) is 9.40 Å². The molecule has 0 aliphatic carbocycles. The largest absolute Gasteiger partial charge is 0.451 e. The van der Waals surface area contributed by atoms with Crippen molar-refractivity contribution in [3.8, 4) is 0 Å². The van der Waals surface area contributed by atoms with E-state index in [0.717, 1.165) is 19.6 Å². The van der Waals surface area contributed by atoms with Gasteiger partial charge in [-0.1, -0.05) is 0 Å². The van der Waals surface area contributed by atoms with Gasteiger partial charge < -0.3 is 4.42 Å². The van der Waals surface area contributed by atoms with E-state index in [1.165, 1.54) is 0 Å². The fraction of sp³-hybridized carbons (Fsp3) is 0.400. The molecular weight excluding hydrogens is 128 g/mol. The van der Waals surface area contributed by atoms with Gasteiger partial charge in [0.25, 0.3) is 5.92 Å². The number of oxazole rings is 1. The monoisotopic (exact) mass is 133 g/mol. The molecule has 0 radical (unpaired) electrons. The average molecular weight is 133 g/mol. The van der Waals surface area contributed by atoms with Gasteiger partial charge in [0.15, 0.2) is 6.39 Å². The number of rotatable bonds is 1. The highest BCUT2D eigenvalue weighted by atomic mass is 19.3. The van der Waals surface area contributed by atoms with Crippen molar-refractivity contribution < 1.29 is 13.2 Å². The minimum Gasteiger partial charge on any atom is -0.451 e. The summed E-state index contributed by atoms with van der Waals surface area (Å²) in [6.07, 6.45) is 1.91. The molecule has 0 saturated carbocycles. The summed E-state index contributed by atoms with van der Waals surface area (Å²) in [5.74, 6) is -2.88. The molecule has 9 heavy (non-hydrogen) atoms. The molecule has 2 nitrogen and oxygen atoms in total. The molecule has 4 heteroatoms. The summed E-state index contributed by atoms with van der Waals surface area (Å²) >= 11 is 0. The predicted molar refractivity (Wildman–Crippen MR) is 26.1 cm³/mol. The lowest BCUT2D eigenvalue weighted by Gasteiger charge is -2.02. The smallest absolute Gasteiger partial charge is 0.290 e. The molecule has 0 unspecified atom stereocenters. The van der Waals surface area contributed by atoms with E-state index in [4.69, 9.17) is 0 Å². The Morgan fingerprint density at radius 3 is 2.56 bits per heavy atom. The molecular formula is C5H5F2NO. The van der Waals surface area contributed by atoms with E-state index >= 15 is 0 Å². The first kappa shape index (κ1) is 6.19. The van der Waals surface area contributed by atoms with Gasteiger partial charge in [-0.25, -0.2) is 4.98 Å². The Kier molecular flexibility index (Phi) is 1.23. The second-order valence-corrected chi connectivity index (χ2v) is 1.76. The molecule has 50 valence electrons. The summed E-state index contributed by atoms with van der Waals surface area (Å²) in [4.78, 5) is 3.27. The highest BCUT2D eigenvalue weighted by Crippen LogP contribution is 2.24. The van der Waals surface area contributed by atoms with Crippen LogP contribution < -0.4 is 0 Å². The lowest BCUT2D eigenvalue weighted by Crippen LogP contribution is -2.06. The maximum Gasteiger partial charge on any atom is 0.290 e. The first-order valence-electron chi connectivity index (χ1n) is 2.37. The van der Waals surface area contributed by atoms with Crippen LogP contribution >= 0.6 is 0 Å². The lowest BCUT2D eigenvalue weighted by atomic mass is 10.3. The number of hydrogen-bond donors (Lipinski definition) is 0. The molecule has 0 aliphatic rings. The summed E-state index contributed by atoms with van der Waals surface area (Å²) in [6, 6.07) is 0. The quantitative estimate of drug-likeness (QED) is 0.583. The second-order valence-electron chi connectivity index (χ2n) is 1.76. The zero-order valence-electron chi connectivity index (χ0n) is 4.77. The van der Waals surface area contributed by atoms with Gasteiger partial charge in [0.05, 0.1) is 0 Å². The van der Waals surface area contributed by atoms with Crippen molar-refractivity contribution in [3.05, 3.63) is 18.4 Å². The summed E-state index contributed by atoms with van der Waals surface area (Å²) < 4.78 is 28.7. The Balaban J connectivity index is 2.90. The minimum atomic E-state index is -2.88. The van der Waals surface area contributed by atoms with E-state index in [0.29, 0.717) is 0 Å². The molecule has 1 heterocycles. The molecule has 0 bridgehead atoms. The summed E-state index contributed by atoms with van der Waals surface area (Å²) in [5.41, 5.74) is -0.331. The van der Waals surface area contributed by atoms with Crippen LogP contribution in [0.2, 0.25) is 0 Å². The molecule has 0 N–H and O–H groups in total. The Labute approximate surface area is 50.5 Å². The van der Waals surface area contributed by atoms with Crippen LogP contribution in [0.5, 0.6) is 0 Å². The highest BCUT2D eigenvalue weighted by molar-refractivity contribution is 4.98. The zero-order valence-corrected chi connectivity index (χ0v) is 4.77. The van der Waals surface area contributed by atoms with E-state index in [1.54, 1.807) is 0 Å². The van der Waals surface area contributed by atoms with Crippen molar-refractivity contribution >= 4 is 0 Å². The average Bonchev–Trinajstić information content (AvgIpc) is 2.08. The Hall–Kier alpha value is -0.930. The van der Waals surface area contributed by atoms with E-state index in [9.17, 15) is 8.78 Å². The van der Waals surface area contributed by atoms with Crippen LogP contribution in [0.3, 0.4) is 0 Å². The highest BCUT2D eigenvalue weighted by Gasteiger charge is 2.26. The van der Waals surface area contributed by atoms with Crippen molar-refractivity contribution in [3.63, 3.8) is 0 Å². The first-order valence-corrected chi connectivity index (χ1v) is 2.37. The standard InChI is InChI=1S/C5H5F2NO/c1-5(6,7)4-2-9-3-8-4/h2-3H,1H3. The van der Waals surface area contributed by atoms with Crippen LogP contribution in [0.1, 0.15) is 12.6 Å². The number of alkyl halides is 2. The van der Waals surface area contributed by atoms with Crippen LogP contribution in [-0.4, -0.2) is 4.98 Å². The predicted octanol–water partition coefficient (Wildman–Crippen LogP) is 1.79. The summed E-state index contributed by atoms with van der Waals surface area (Å²) in [5, 5.41) is 0. The Bertz CT molecular complexity index is 177. The van der Waals surface area contributed by atoms with Crippen molar-refractivity contribution in [2.45, 2.75) is 12.8 Å². The fourth-order valence-electron chi connectivity index (χ4n) is 0.429. The summed E-state index contributed by atoms with van der Waals surface area (Å²) in [7, 11) is 0. The van der Waals surface area contributed by atoms with Crippen LogP contribution in [0.25, 0.3) is 0 Å². The van der Waals surface area contributed by atoms with E-state index in [-0.39, 0.29) is 5.69 Å². The minimum absolute atomic E-state index is 0.331. The zero-order chi connectivity index (χ0) is 6.91. The number of aromatic nitrogens is 1. The Morgan fingerprint density at radius 2 is 2.33 bits per heavy atom. The maximum absolute atomic E-state index is 12.2. The van der Waals surface area contributed by atoms with Gasteiger partial charge in [0.2, 0.25) is 0 Å². The third-order valence-electron chi connectivity index (χ3n) is 0.882. The first-order chi connectivity index (χ1) is 4.11. The van der Waals surface area contributed by atoms with Gasteiger partial charge >= 0.3 is 0 Å². The van der Waals surface area contributed by atoms with Gasteiger partial charge in [-0.3, -0.25) is 0 Å². The van der Waals surface area contributed by atoms with Gasteiger partial charge in [-0.15, -0.1) is 0 Å². The Morgan fingerprint density at radius 1 is 1.67 bits per heavy atom. The number of nitrogens with zero attached hydrogens (tertiary/aromatic N) is 1. The molecule has 0 amide bonds. The van der Waals surface area contributed by atoms with Crippen molar-refractivity contribution in [2.75, 3.05) is 0 Å². The van der Waals surface area contributed by atoms with Crippen LogP contribution in [0.15, 0.2) is 17.1 Å².